The van der Waals surface area contributed by atoms with E-state index in [9.17, 15) is 18.0 Å². The minimum Gasteiger partial charge on any atom is -0.493 e. The predicted molar refractivity (Wildman–Crippen MR) is 79.9 cm³/mol. The maximum Gasteiger partial charge on any atom is 0.573 e. The zero-order valence-electron chi connectivity index (χ0n) is 12.5. The number of nitrogens with one attached hydrogen (secondary N) is 1. The lowest BCUT2D eigenvalue weighted by Gasteiger charge is -2.26. The fourth-order valence-corrected chi connectivity index (χ4v) is 2.54. The second-order valence-electron chi connectivity index (χ2n) is 5.27. The van der Waals surface area contributed by atoms with Gasteiger partial charge >= 0.3 is 6.36 Å². The summed E-state index contributed by atoms with van der Waals surface area (Å²) in [6.07, 6.45) is -4.13. The third kappa shape index (κ3) is 3.79. The molecule has 1 unspecified atom stereocenters. The van der Waals surface area contributed by atoms with Crippen molar-refractivity contribution in [2.75, 3.05) is 6.61 Å². The molecule has 0 saturated carbocycles. The molecule has 2 aromatic rings. The van der Waals surface area contributed by atoms with Gasteiger partial charge in [0.15, 0.2) is 0 Å². The molecule has 0 bridgehead atoms. The van der Waals surface area contributed by atoms with Gasteiger partial charge in [0.25, 0.3) is 5.91 Å². The summed E-state index contributed by atoms with van der Waals surface area (Å²) in [6, 6.07) is 12.0. The summed E-state index contributed by atoms with van der Waals surface area (Å²) in [7, 11) is 0. The maximum atomic E-state index is 12.3. The average Bonchev–Trinajstić information content (AvgIpc) is 2.54. The molecule has 2 aromatic carbocycles. The van der Waals surface area contributed by atoms with E-state index in [1.807, 2.05) is 24.3 Å². The van der Waals surface area contributed by atoms with Crippen LogP contribution in [-0.4, -0.2) is 18.9 Å². The van der Waals surface area contributed by atoms with Gasteiger partial charge in [-0.1, -0.05) is 18.2 Å². The largest absolute Gasteiger partial charge is 0.573 e. The van der Waals surface area contributed by atoms with Crippen LogP contribution in [0, 0.1) is 0 Å². The summed E-state index contributed by atoms with van der Waals surface area (Å²) in [5.74, 6) is -0.00583. The Morgan fingerprint density at radius 1 is 1.12 bits per heavy atom. The van der Waals surface area contributed by atoms with Gasteiger partial charge in [0.2, 0.25) is 0 Å². The Balaban J connectivity index is 1.70. The molecule has 4 nitrogen and oxygen atoms in total. The third-order valence-corrected chi connectivity index (χ3v) is 3.61. The van der Waals surface area contributed by atoms with Crippen molar-refractivity contribution in [2.45, 2.75) is 18.8 Å². The van der Waals surface area contributed by atoms with E-state index in [0.717, 1.165) is 23.4 Å². The minimum atomic E-state index is -4.75. The number of hydrogen-bond acceptors (Lipinski definition) is 3. The summed E-state index contributed by atoms with van der Waals surface area (Å²) in [6.45, 7) is 0.486. The molecule has 1 aliphatic rings. The summed E-state index contributed by atoms with van der Waals surface area (Å²) in [5.41, 5.74) is 1.14. The summed E-state index contributed by atoms with van der Waals surface area (Å²) < 4.78 is 45.7. The molecule has 1 amide bonds. The van der Waals surface area contributed by atoms with E-state index in [1.54, 1.807) is 0 Å². The van der Waals surface area contributed by atoms with Crippen LogP contribution in [0.3, 0.4) is 0 Å². The van der Waals surface area contributed by atoms with E-state index in [2.05, 4.69) is 10.1 Å². The first-order valence-corrected chi connectivity index (χ1v) is 7.31. The first-order chi connectivity index (χ1) is 11.4. The van der Waals surface area contributed by atoms with E-state index >= 15 is 0 Å². The van der Waals surface area contributed by atoms with Gasteiger partial charge in [-0.3, -0.25) is 4.79 Å². The Bertz CT molecular complexity index is 729. The van der Waals surface area contributed by atoms with Crippen molar-refractivity contribution in [1.29, 1.82) is 0 Å². The first-order valence-electron chi connectivity index (χ1n) is 7.31. The van der Waals surface area contributed by atoms with Gasteiger partial charge in [-0.2, -0.15) is 0 Å². The average molecular weight is 337 g/mol. The smallest absolute Gasteiger partial charge is 0.493 e. The first kappa shape index (κ1) is 16.2. The van der Waals surface area contributed by atoms with Gasteiger partial charge in [-0.25, -0.2) is 0 Å². The minimum absolute atomic E-state index is 0.200. The Morgan fingerprint density at radius 3 is 2.54 bits per heavy atom. The number of ether oxygens (including phenoxy) is 2. The Labute approximate surface area is 136 Å². The lowest BCUT2D eigenvalue weighted by atomic mass is 10.00. The number of rotatable bonds is 3. The fourth-order valence-electron chi connectivity index (χ4n) is 2.54. The van der Waals surface area contributed by atoms with Crippen molar-refractivity contribution in [2.24, 2.45) is 0 Å². The molecule has 24 heavy (non-hydrogen) atoms. The number of amides is 1. The van der Waals surface area contributed by atoms with E-state index in [1.165, 1.54) is 12.1 Å². The molecule has 1 aliphatic heterocycles. The second kappa shape index (κ2) is 6.43. The standard InChI is InChI=1S/C17H14F3NO3/c18-17(19,20)24-12-7-5-11(6-8-12)16(22)21-14-9-10-23-15-4-2-1-3-13(14)15/h1-8,14H,9-10H2,(H,21,22). The number of benzene rings is 2. The van der Waals surface area contributed by atoms with Crippen molar-refractivity contribution in [3.05, 3.63) is 59.7 Å². The van der Waals surface area contributed by atoms with Crippen molar-refractivity contribution in [3.8, 4) is 11.5 Å². The molecule has 0 spiro atoms. The van der Waals surface area contributed by atoms with Crippen LogP contribution in [0.2, 0.25) is 0 Å². The Morgan fingerprint density at radius 2 is 1.83 bits per heavy atom. The highest BCUT2D eigenvalue weighted by Gasteiger charge is 2.31. The van der Waals surface area contributed by atoms with Gasteiger partial charge in [-0.05, 0) is 30.3 Å². The number of hydrogen-bond donors (Lipinski definition) is 1. The highest BCUT2D eigenvalue weighted by molar-refractivity contribution is 5.94. The zero-order valence-corrected chi connectivity index (χ0v) is 12.5. The van der Waals surface area contributed by atoms with Crippen LogP contribution in [0.1, 0.15) is 28.4 Å². The normalized spacial score (nSPS) is 16.7. The number of fused-ring (bicyclic) bond motifs is 1. The lowest BCUT2D eigenvalue weighted by Crippen LogP contribution is -2.32. The van der Waals surface area contributed by atoms with Crippen molar-refractivity contribution < 1.29 is 27.4 Å². The molecule has 0 saturated heterocycles. The van der Waals surface area contributed by atoms with Gasteiger partial charge in [-0.15, -0.1) is 13.2 Å². The zero-order chi connectivity index (χ0) is 17.2. The molecule has 1 N–H and O–H groups in total. The molecule has 126 valence electrons. The van der Waals surface area contributed by atoms with Crippen LogP contribution in [0.15, 0.2) is 48.5 Å². The van der Waals surface area contributed by atoms with Crippen molar-refractivity contribution in [1.82, 2.24) is 5.32 Å². The van der Waals surface area contributed by atoms with Crippen LogP contribution in [0.4, 0.5) is 13.2 Å². The molecule has 0 aromatic heterocycles. The fraction of sp³-hybridized carbons (Fsp3) is 0.235. The van der Waals surface area contributed by atoms with Crippen LogP contribution in [0.5, 0.6) is 11.5 Å². The highest BCUT2D eigenvalue weighted by Crippen LogP contribution is 2.31. The molecular formula is C17H14F3NO3. The Hall–Kier alpha value is -2.70. The van der Waals surface area contributed by atoms with Crippen LogP contribution < -0.4 is 14.8 Å². The summed E-state index contributed by atoms with van der Waals surface area (Å²) in [4.78, 5) is 12.3. The van der Waals surface area contributed by atoms with E-state index < -0.39 is 6.36 Å². The molecular weight excluding hydrogens is 323 g/mol. The Kier molecular flexibility index (Phi) is 4.33. The number of alkyl halides is 3. The third-order valence-electron chi connectivity index (χ3n) is 3.61. The van der Waals surface area contributed by atoms with Crippen LogP contribution >= 0.6 is 0 Å². The van der Waals surface area contributed by atoms with Crippen molar-refractivity contribution in [3.63, 3.8) is 0 Å². The summed E-state index contributed by atoms with van der Waals surface area (Å²) in [5, 5.41) is 2.88. The van der Waals surface area contributed by atoms with Gasteiger partial charge < -0.3 is 14.8 Å². The lowest BCUT2D eigenvalue weighted by molar-refractivity contribution is -0.274. The van der Waals surface area contributed by atoms with E-state index in [4.69, 9.17) is 4.74 Å². The highest BCUT2D eigenvalue weighted by atomic mass is 19.4. The molecule has 0 fully saturated rings. The molecule has 7 heteroatoms. The predicted octanol–water partition coefficient (Wildman–Crippen LogP) is 3.84. The second-order valence-corrected chi connectivity index (χ2v) is 5.27. The van der Waals surface area contributed by atoms with Crippen molar-refractivity contribution >= 4 is 5.91 Å². The topological polar surface area (TPSA) is 47.6 Å². The van der Waals surface area contributed by atoms with Gasteiger partial charge in [0.05, 0.1) is 12.6 Å². The molecule has 1 heterocycles. The van der Waals surface area contributed by atoms with Crippen LogP contribution in [0.25, 0.3) is 0 Å². The number of para-hydroxylation sites is 1. The maximum absolute atomic E-state index is 12.3. The quantitative estimate of drug-likeness (QED) is 0.926. The van der Waals surface area contributed by atoms with Crippen LogP contribution in [-0.2, 0) is 0 Å². The molecule has 1 atom stereocenters. The van der Waals surface area contributed by atoms with E-state index in [0.29, 0.717) is 13.0 Å². The molecule has 3 rings (SSSR count). The molecule has 0 radical (unpaired) electrons. The summed E-state index contributed by atoms with van der Waals surface area (Å²) >= 11 is 0. The van der Waals surface area contributed by atoms with Gasteiger partial charge in [0.1, 0.15) is 11.5 Å². The SMILES string of the molecule is O=C(NC1CCOc2ccccc21)c1ccc(OC(F)(F)F)cc1. The monoisotopic (exact) mass is 337 g/mol. The van der Waals surface area contributed by atoms with E-state index in [-0.39, 0.29) is 23.3 Å². The van der Waals surface area contributed by atoms with Gasteiger partial charge in [0, 0.05) is 17.5 Å². The number of halogens is 3. The number of carbonyl (C=O) groups is 1. The number of carbonyl (C=O) groups excluding carboxylic acids is 1. The molecule has 0 aliphatic carbocycles.